The predicted molar refractivity (Wildman–Crippen MR) is 45.8 cm³/mol. The van der Waals surface area contributed by atoms with Gasteiger partial charge in [-0.15, -0.1) is 12.6 Å². The molecule has 0 radical (unpaired) electrons. The number of thiol groups is 1. The van der Waals surface area contributed by atoms with Crippen molar-refractivity contribution in [2.45, 2.75) is 4.90 Å². The highest BCUT2D eigenvalue weighted by atomic mass is 79.9. The van der Waals surface area contributed by atoms with Crippen LogP contribution in [-0.4, -0.2) is 0 Å². The molecule has 4 heteroatoms. The number of benzene rings is 1. The largest absolute Gasteiger partial charge is 0.395 e. The van der Waals surface area contributed by atoms with Crippen molar-refractivity contribution >= 4 is 34.2 Å². The first-order valence-electron chi connectivity index (χ1n) is 2.55. The number of nitrogens with two attached hydrogens (primary N) is 1. The van der Waals surface area contributed by atoms with Crippen molar-refractivity contribution in [1.29, 1.82) is 0 Å². The monoisotopic (exact) mass is 221 g/mol. The van der Waals surface area contributed by atoms with Crippen LogP contribution >= 0.6 is 28.6 Å². The van der Waals surface area contributed by atoms with Gasteiger partial charge in [0.05, 0.1) is 5.69 Å². The summed E-state index contributed by atoms with van der Waals surface area (Å²) in [5.74, 6) is -0.437. The van der Waals surface area contributed by atoms with Crippen molar-refractivity contribution in [3.05, 3.63) is 22.4 Å². The molecule has 54 valence electrons. The van der Waals surface area contributed by atoms with E-state index in [9.17, 15) is 4.39 Å². The van der Waals surface area contributed by atoms with Crippen LogP contribution in [0.5, 0.6) is 0 Å². The molecule has 1 aromatic carbocycles. The van der Waals surface area contributed by atoms with E-state index in [1.807, 2.05) is 0 Å². The summed E-state index contributed by atoms with van der Waals surface area (Å²) in [6, 6.07) is 2.85. The lowest BCUT2D eigenvalue weighted by Crippen LogP contribution is -1.91. The topological polar surface area (TPSA) is 26.0 Å². The quantitative estimate of drug-likeness (QED) is 0.511. The van der Waals surface area contributed by atoms with Crippen molar-refractivity contribution in [2.24, 2.45) is 0 Å². The minimum atomic E-state index is -0.437. The number of hydrogen-bond donors (Lipinski definition) is 2. The summed E-state index contributed by atoms with van der Waals surface area (Å²) in [6.07, 6.45) is 0. The number of rotatable bonds is 0. The van der Waals surface area contributed by atoms with Crippen LogP contribution in [-0.2, 0) is 0 Å². The highest BCUT2D eigenvalue weighted by Crippen LogP contribution is 2.27. The van der Waals surface area contributed by atoms with Gasteiger partial charge in [-0.3, -0.25) is 0 Å². The summed E-state index contributed by atoms with van der Waals surface area (Å²) in [6.45, 7) is 0. The average Bonchev–Trinajstić information content (AvgIpc) is 1.93. The molecule has 0 aliphatic rings. The van der Waals surface area contributed by atoms with Crippen molar-refractivity contribution in [3.8, 4) is 0 Å². The molecule has 0 heterocycles. The van der Waals surface area contributed by atoms with Crippen molar-refractivity contribution in [2.75, 3.05) is 5.73 Å². The van der Waals surface area contributed by atoms with E-state index in [0.717, 1.165) is 0 Å². The van der Waals surface area contributed by atoms with Gasteiger partial charge in [-0.25, -0.2) is 4.39 Å². The molecule has 0 aliphatic carbocycles. The SMILES string of the molecule is Nc1c(F)ccc(Br)c1S. The molecule has 1 aromatic rings. The van der Waals surface area contributed by atoms with E-state index < -0.39 is 5.82 Å². The number of anilines is 1. The van der Waals surface area contributed by atoms with Gasteiger partial charge in [0, 0.05) is 9.37 Å². The van der Waals surface area contributed by atoms with Gasteiger partial charge in [-0.2, -0.15) is 0 Å². The molecule has 0 spiro atoms. The third-order valence-electron chi connectivity index (χ3n) is 1.11. The zero-order valence-electron chi connectivity index (χ0n) is 4.94. The van der Waals surface area contributed by atoms with E-state index in [1.165, 1.54) is 6.07 Å². The second kappa shape index (κ2) is 2.80. The second-order valence-electron chi connectivity index (χ2n) is 1.79. The predicted octanol–water partition coefficient (Wildman–Crippen LogP) is 2.46. The second-order valence-corrected chi connectivity index (χ2v) is 3.09. The van der Waals surface area contributed by atoms with Crippen LogP contribution in [0.2, 0.25) is 0 Å². The summed E-state index contributed by atoms with van der Waals surface area (Å²) >= 11 is 7.13. The number of hydrogen-bond acceptors (Lipinski definition) is 2. The fraction of sp³-hybridized carbons (Fsp3) is 0. The summed E-state index contributed by atoms with van der Waals surface area (Å²) in [5, 5.41) is 0. The highest BCUT2D eigenvalue weighted by molar-refractivity contribution is 9.10. The van der Waals surface area contributed by atoms with Gasteiger partial charge >= 0.3 is 0 Å². The van der Waals surface area contributed by atoms with Crippen LogP contribution in [0.1, 0.15) is 0 Å². The minimum Gasteiger partial charge on any atom is -0.395 e. The van der Waals surface area contributed by atoms with Gasteiger partial charge in [0.2, 0.25) is 0 Å². The van der Waals surface area contributed by atoms with Gasteiger partial charge in [-0.1, -0.05) is 0 Å². The lowest BCUT2D eigenvalue weighted by atomic mass is 10.3. The molecule has 0 aromatic heterocycles. The molecular formula is C6H5BrFNS. The number of halogens is 2. The van der Waals surface area contributed by atoms with E-state index >= 15 is 0 Å². The first kappa shape index (κ1) is 7.88. The normalized spacial score (nSPS) is 9.90. The Morgan fingerprint density at radius 3 is 2.60 bits per heavy atom. The molecule has 0 amide bonds. The maximum absolute atomic E-state index is 12.6. The smallest absolute Gasteiger partial charge is 0.147 e. The lowest BCUT2D eigenvalue weighted by molar-refractivity contribution is 0.629. The third-order valence-corrected chi connectivity index (χ3v) is 2.56. The molecule has 1 nitrogen and oxygen atoms in total. The standard InChI is InChI=1S/C6H5BrFNS/c7-3-1-2-4(8)5(9)6(3)10/h1-2,10H,9H2. The Morgan fingerprint density at radius 1 is 1.50 bits per heavy atom. The van der Waals surface area contributed by atoms with Crippen LogP contribution < -0.4 is 5.73 Å². The van der Waals surface area contributed by atoms with Crippen LogP contribution in [0.25, 0.3) is 0 Å². The first-order valence-corrected chi connectivity index (χ1v) is 3.79. The fourth-order valence-corrected chi connectivity index (χ4v) is 1.08. The van der Waals surface area contributed by atoms with E-state index in [4.69, 9.17) is 5.73 Å². The van der Waals surface area contributed by atoms with E-state index in [1.54, 1.807) is 6.07 Å². The number of nitrogen functional groups attached to an aromatic ring is 1. The maximum atomic E-state index is 12.6. The van der Waals surface area contributed by atoms with Crippen molar-refractivity contribution in [1.82, 2.24) is 0 Å². The molecule has 2 N–H and O–H groups in total. The Morgan fingerprint density at radius 2 is 2.10 bits per heavy atom. The van der Waals surface area contributed by atoms with E-state index in [0.29, 0.717) is 9.37 Å². The Hall–Kier alpha value is -0.220. The molecule has 0 aliphatic heterocycles. The zero-order valence-corrected chi connectivity index (χ0v) is 7.42. The van der Waals surface area contributed by atoms with Crippen LogP contribution in [0.3, 0.4) is 0 Å². The lowest BCUT2D eigenvalue weighted by Gasteiger charge is -2.01. The van der Waals surface area contributed by atoms with E-state index in [2.05, 4.69) is 28.6 Å². The highest BCUT2D eigenvalue weighted by Gasteiger charge is 2.03. The average molecular weight is 222 g/mol. The van der Waals surface area contributed by atoms with Crippen LogP contribution in [0.15, 0.2) is 21.5 Å². The van der Waals surface area contributed by atoms with Gasteiger partial charge in [0.25, 0.3) is 0 Å². The summed E-state index contributed by atoms with van der Waals surface area (Å²) in [5.41, 5.74) is 5.38. The first-order chi connectivity index (χ1) is 4.63. The molecular weight excluding hydrogens is 217 g/mol. The summed E-state index contributed by atoms with van der Waals surface area (Å²) < 4.78 is 13.3. The molecule has 0 saturated heterocycles. The third kappa shape index (κ3) is 1.27. The zero-order chi connectivity index (χ0) is 7.72. The van der Waals surface area contributed by atoms with Crippen molar-refractivity contribution < 1.29 is 4.39 Å². The summed E-state index contributed by atoms with van der Waals surface area (Å²) in [7, 11) is 0. The Balaban J connectivity index is 3.34. The van der Waals surface area contributed by atoms with Crippen molar-refractivity contribution in [3.63, 3.8) is 0 Å². The molecule has 0 atom stereocenters. The van der Waals surface area contributed by atoms with Crippen LogP contribution in [0.4, 0.5) is 10.1 Å². The molecule has 10 heavy (non-hydrogen) atoms. The fourth-order valence-electron chi connectivity index (χ4n) is 0.557. The Kier molecular flexibility index (Phi) is 2.21. The molecule has 0 bridgehead atoms. The molecule has 1 rings (SSSR count). The van der Waals surface area contributed by atoms with E-state index in [-0.39, 0.29) is 5.69 Å². The summed E-state index contributed by atoms with van der Waals surface area (Å²) in [4.78, 5) is 0.444. The Bertz CT molecular complexity index is 237. The maximum Gasteiger partial charge on any atom is 0.147 e. The molecule has 0 fully saturated rings. The minimum absolute atomic E-state index is 0.0812. The van der Waals surface area contributed by atoms with Gasteiger partial charge in [-0.05, 0) is 28.1 Å². The van der Waals surface area contributed by atoms with Gasteiger partial charge in [0.15, 0.2) is 0 Å². The van der Waals surface area contributed by atoms with Crippen LogP contribution in [0, 0.1) is 5.82 Å². The van der Waals surface area contributed by atoms with Gasteiger partial charge < -0.3 is 5.73 Å². The molecule has 0 saturated carbocycles. The molecule has 0 unspecified atom stereocenters. The van der Waals surface area contributed by atoms with Gasteiger partial charge in [0.1, 0.15) is 5.82 Å². The Labute approximate surface area is 72.0 Å².